The lowest BCUT2D eigenvalue weighted by Gasteiger charge is -2.17. The number of amides is 2. The number of nitrogens with one attached hydrogen (secondary N) is 2. The summed E-state index contributed by atoms with van der Waals surface area (Å²) in [5.41, 5.74) is 1.65. The second-order valence-corrected chi connectivity index (χ2v) is 6.53. The molecule has 0 radical (unpaired) electrons. The molecule has 122 valence electrons. The van der Waals surface area contributed by atoms with Crippen molar-refractivity contribution in [2.24, 2.45) is 0 Å². The fraction of sp³-hybridized carbons (Fsp3) is 0.235. The molecule has 0 aliphatic carbocycles. The number of carbonyl (C=O) groups is 1. The van der Waals surface area contributed by atoms with E-state index in [1.54, 1.807) is 30.5 Å². The van der Waals surface area contributed by atoms with Crippen LogP contribution in [0.25, 0.3) is 0 Å². The molecule has 0 saturated carbocycles. The standard InChI is InChI=1S/C17H20N2O3S/c1-23(22)16-9-7-14(8-10-16)18-17(21)19-15(12-20)11-13-5-3-2-4-6-13/h2-10,15,20H,11-12H2,1H3,(H2,18,19,21)/t15-,23?/m0/s1. The Hall–Kier alpha value is -2.18. The summed E-state index contributed by atoms with van der Waals surface area (Å²) in [5.74, 6) is 0. The highest BCUT2D eigenvalue weighted by Crippen LogP contribution is 2.12. The zero-order chi connectivity index (χ0) is 16.7. The number of hydrogen-bond acceptors (Lipinski definition) is 3. The molecule has 3 N–H and O–H groups in total. The van der Waals surface area contributed by atoms with E-state index in [4.69, 9.17) is 0 Å². The lowest BCUT2D eigenvalue weighted by molar-refractivity contribution is 0.224. The highest BCUT2D eigenvalue weighted by atomic mass is 32.2. The van der Waals surface area contributed by atoms with Crippen molar-refractivity contribution < 1.29 is 14.1 Å². The summed E-state index contributed by atoms with van der Waals surface area (Å²) < 4.78 is 11.3. The smallest absolute Gasteiger partial charge is 0.319 e. The summed E-state index contributed by atoms with van der Waals surface area (Å²) >= 11 is 0. The molecule has 0 aliphatic rings. The maximum atomic E-state index is 12.0. The average Bonchev–Trinajstić information content (AvgIpc) is 2.55. The molecule has 6 heteroatoms. The van der Waals surface area contributed by atoms with Gasteiger partial charge in [0.15, 0.2) is 0 Å². The molecule has 2 rings (SSSR count). The van der Waals surface area contributed by atoms with Gasteiger partial charge in [-0.3, -0.25) is 4.21 Å². The predicted molar refractivity (Wildman–Crippen MR) is 91.9 cm³/mol. The van der Waals surface area contributed by atoms with Crippen LogP contribution in [0, 0.1) is 0 Å². The van der Waals surface area contributed by atoms with Crippen molar-refractivity contribution in [1.29, 1.82) is 0 Å². The summed E-state index contributed by atoms with van der Waals surface area (Å²) in [4.78, 5) is 12.7. The zero-order valence-corrected chi connectivity index (χ0v) is 13.7. The van der Waals surface area contributed by atoms with Gasteiger partial charge in [-0.15, -0.1) is 0 Å². The largest absolute Gasteiger partial charge is 0.394 e. The van der Waals surface area contributed by atoms with E-state index >= 15 is 0 Å². The molecule has 2 aromatic carbocycles. The van der Waals surface area contributed by atoms with Gasteiger partial charge >= 0.3 is 6.03 Å². The van der Waals surface area contributed by atoms with Gasteiger partial charge < -0.3 is 15.7 Å². The number of rotatable bonds is 6. The second kappa shape index (κ2) is 8.45. The Bertz CT molecular complexity index is 659. The van der Waals surface area contributed by atoms with Crippen molar-refractivity contribution in [1.82, 2.24) is 5.32 Å². The van der Waals surface area contributed by atoms with Crippen LogP contribution in [0.5, 0.6) is 0 Å². The summed E-state index contributed by atoms with van der Waals surface area (Å²) in [6, 6.07) is 15.7. The van der Waals surface area contributed by atoms with Crippen LogP contribution in [0.3, 0.4) is 0 Å². The highest BCUT2D eigenvalue weighted by Gasteiger charge is 2.12. The van der Waals surface area contributed by atoms with E-state index in [1.165, 1.54) is 0 Å². The fourth-order valence-corrected chi connectivity index (χ4v) is 2.66. The van der Waals surface area contributed by atoms with E-state index in [1.807, 2.05) is 30.3 Å². The van der Waals surface area contributed by atoms with Crippen LogP contribution in [-0.2, 0) is 17.2 Å². The molecule has 0 heterocycles. The van der Waals surface area contributed by atoms with Gasteiger partial charge in [0.1, 0.15) is 0 Å². The first-order valence-electron chi connectivity index (χ1n) is 7.24. The monoisotopic (exact) mass is 332 g/mol. The summed E-state index contributed by atoms with van der Waals surface area (Å²) in [5, 5.41) is 14.9. The van der Waals surface area contributed by atoms with Crippen molar-refractivity contribution in [2.45, 2.75) is 17.4 Å². The van der Waals surface area contributed by atoms with Crippen LogP contribution >= 0.6 is 0 Å². The first-order chi connectivity index (χ1) is 11.1. The van der Waals surface area contributed by atoms with Crippen LogP contribution in [-0.4, -0.2) is 34.3 Å². The maximum Gasteiger partial charge on any atom is 0.319 e. The third kappa shape index (κ3) is 5.50. The zero-order valence-electron chi connectivity index (χ0n) is 12.9. The number of benzene rings is 2. The molecule has 0 saturated heterocycles. The third-order valence-corrected chi connectivity index (χ3v) is 4.26. The molecular formula is C17H20N2O3S. The first kappa shape index (κ1) is 17.2. The molecule has 23 heavy (non-hydrogen) atoms. The van der Waals surface area contributed by atoms with Gasteiger partial charge in [0.25, 0.3) is 0 Å². The molecule has 0 spiro atoms. The quantitative estimate of drug-likeness (QED) is 0.758. The third-order valence-electron chi connectivity index (χ3n) is 3.32. The summed E-state index contributed by atoms with van der Waals surface area (Å²) in [7, 11) is -1.04. The Balaban J connectivity index is 1.90. The first-order valence-corrected chi connectivity index (χ1v) is 8.80. The van der Waals surface area contributed by atoms with Gasteiger partial charge in [-0.25, -0.2) is 4.79 Å². The Labute approximate surface area is 138 Å². The van der Waals surface area contributed by atoms with Crippen molar-refractivity contribution in [2.75, 3.05) is 18.2 Å². The van der Waals surface area contributed by atoms with Crippen LogP contribution in [0.4, 0.5) is 10.5 Å². The fourth-order valence-electron chi connectivity index (χ4n) is 2.14. The minimum absolute atomic E-state index is 0.143. The van der Waals surface area contributed by atoms with Crippen molar-refractivity contribution in [3.8, 4) is 0 Å². The number of carbonyl (C=O) groups excluding carboxylic acids is 1. The Morgan fingerprint density at radius 1 is 1.13 bits per heavy atom. The number of hydrogen-bond donors (Lipinski definition) is 3. The van der Waals surface area contributed by atoms with Gasteiger partial charge in [-0.05, 0) is 36.2 Å². The van der Waals surface area contributed by atoms with Gasteiger partial charge in [0.2, 0.25) is 0 Å². The SMILES string of the molecule is CS(=O)c1ccc(NC(=O)N[C@H](CO)Cc2ccccc2)cc1. The van der Waals surface area contributed by atoms with Gasteiger partial charge in [-0.1, -0.05) is 30.3 Å². The predicted octanol–water partition coefficient (Wildman–Crippen LogP) is 2.15. The van der Waals surface area contributed by atoms with Crippen molar-refractivity contribution in [3.05, 3.63) is 60.2 Å². The summed E-state index contributed by atoms with van der Waals surface area (Å²) in [6.45, 7) is -0.143. The van der Waals surface area contributed by atoms with Crippen LogP contribution in [0.2, 0.25) is 0 Å². The molecule has 2 atom stereocenters. The number of urea groups is 1. The Kier molecular flexibility index (Phi) is 6.31. The Morgan fingerprint density at radius 2 is 1.78 bits per heavy atom. The van der Waals surface area contributed by atoms with Crippen LogP contribution in [0.1, 0.15) is 5.56 Å². The highest BCUT2D eigenvalue weighted by molar-refractivity contribution is 7.84. The molecule has 0 fully saturated rings. The van der Waals surface area contributed by atoms with E-state index in [0.29, 0.717) is 17.0 Å². The second-order valence-electron chi connectivity index (χ2n) is 5.15. The molecule has 2 amide bonds. The van der Waals surface area contributed by atoms with Gasteiger partial charge in [0.05, 0.1) is 12.6 Å². The minimum Gasteiger partial charge on any atom is -0.394 e. The molecule has 0 aliphatic heterocycles. The lowest BCUT2D eigenvalue weighted by atomic mass is 10.1. The van der Waals surface area contributed by atoms with E-state index in [9.17, 15) is 14.1 Å². The molecule has 1 unspecified atom stereocenters. The molecule has 5 nitrogen and oxygen atoms in total. The topological polar surface area (TPSA) is 78.4 Å². The van der Waals surface area contributed by atoms with Crippen LogP contribution < -0.4 is 10.6 Å². The van der Waals surface area contributed by atoms with E-state index < -0.39 is 10.8 Å². The van der Waals surface area contributed by atoms with Gasteiger partial charge in [0, 0.05) is 27.6 Å². The number of aliphatic hydroxyl groups excluding tert-OH is 1. The molecule has 0 aromatic heterocycles. The summed E-state index contributed by atoms with van der Waals surface area (Å²) in [6.07, 6.45) is 2.16. The van der Waals surface area contributed by atoms with Crippen molar-refractivity contribution in [3.63, 3.8) is 0 Å². The van der Waals surface area contributed by atoms with Gasteiger partial charge in [-0.2, -0.15) is 0 Å². The van der Waals surface area contributed by atoms with E-state index in [2.05, 4.69) is 10.6 Å². The lowest BCUT2D eigenvalue weighted by Crippen LogP contribution is -2.41. The van der Waals surface area contributed by atoms with E-state index in [-0.39, 0.29) is 18.7 Å². The average molecular weight is 332 g/mol. The normalized spacial score (nSPS) is 13.1. The molecule has 2 aromatic rings. The Morgan fingerprint density at radius 3 is 2.35 bits per heavy atom. The van der Waals surface area contributed by atoms with E-state index in [0.717, 1.165) is 5.56 Å². The number of aliphatic hydroxyl groups is 1. The minimum atomic E-state index is -1.04. The maximum absolute atomic E-state index is 12.0. The molecular weight excluding hydrogens is 312 g/mol. The molecule has 0 bridgehead atoms. The number of anilines is 1. The van der Waals surface area contributed by atoms with Crippen molar-refractivity contribution >= 4 is 22.5 Å². The van der Waals surface area contributed by atoms with Crippen LogP contribution in [0.15, 0.2) is 59.5 Å².